The Balaban J connectivity index is 2.02. The van der Waals surface area contributed by atoms with Gasteiger partial charge in [0.15, 0.2) is 0 Å². The molecule has 1 fully saturated rings. The average Bonchev–Trinajstić information content (AvgIpc) is 2.65. The molecule has 0 spiro atoms. The van der Waals surface area contributed by atoms with Crippen molar-refractivity contribution in [1.29, 1.82) is 0 Å². The van der Waals surface area contributed by atoms with Gasteiger partial charge < -0.3 is 15.8 Å². The number of nitrogens with two attached hydrogens (primary N) is 1. The maximum absolute atomic E-state index is 5.62. The van der Waals surface area contributed by atoms with Crippen molar-refractivity contribution >= 4 is 11.5 Å². The Bertz CT molecular complexity index is 329. The number of aromatic nitrogens is 1. The Morgan fingerprint density at radius 1 is 1.53 bits per heavy atom. The minimum atomic E-state index is 0.319. The molecule has 1 aromatic rings. The van der Waals surface area contributed by atoms with Crippen molar-refractivity contribution in [2.45, 2.75) is 31.4 Å². The van der Waals surface area contributed by atoms with Gasteiger partial charge in [0.25, 0.3) is 0 Å². The second-order valence-electron chi connectivity index (χ2n) is 3.93. The van der Waals surface area contributed by atoms with E-state index in [0.29, 0.717) is 18.0 Å². The Kier molecular flexibility index (Phi) is 3.06. The van der Waals surface area contributed by atoms with Gasteiger partial charge in [-0.15, -0.1) is 0 Å². The lowest BCUT2D eigenvalue weighted by Gasteiger charge is -2.20. The van der Waals surface area contributed by atoms with Crippen LogP contribution in [0.25, 0.3) is 0 Å². The van der Waals surface area contributed by atoms with Gasteiger partial charge in [-0.25, -0.2) is 4.98 Å². The van der Waals surface area contributed by atoms with Crippen molar-refractivity contribution in [3.8, 4) is 0 Å². The maximum atomic E-state index is 5.62. The fourth-order valence-electron chi connectivity index (χ4n) is 2.13. The van der Waals surface area contributed by atoms with Gasteiger partial charge in [0.2, 0.25) is 0 Å². The number of nitrogen functional groups attached to an aromatic ring is 1. The monoisotopic (exact) mass is 207 g/mol. The van der Waals surface area contributed by atoms with Crippen LogP contribution in [0.5, 0.6) is 0 Å². The SMILES string of the molecule is COC1CCCC1Nc1ccnc(N)c1. The van der Waals surface area contributed by atoms with Crippen molar-refractivity contribution in [3.05, 3.63) is 18.3 Å². The summed E-state index contributed by atoms with van der Waals surface area (Å²) in [6.07, 6.45) is 5.54. The van der Waals surface area contributed by atoms with Crippen LogP contribution in [0, 0.1) is 0 Å². The zero-order valence-electron chi connectivity index (χ0n) is 8.94. The molecule has 1 heterocycles. The van der Waals surface area contributed by atoms with E-state index in [0.717, 1.165) is 18.5 Å². The highest BCUT2D eigenvalue weighted by atomic mass is 16.5. The van der Waals surface area contributed by atoms with Crippen LogP contribution in [-0.4, -0.2) is 24.2 Å². The van der Waals surface area contributed by atoms with Crippen LogP contribution in [0.4, 0.5) is 11.5 Å². The predicted octanol–water partition coefficient (Wildman–Crippen LogP) is 1.64. The van der Waals surface area contributed by atoms with E-state index in [4.69, 9.17) is 10.5 Å². The summed E-state index contributed by atoms with van der Waals surface area (Å²) in [5, 5.41) is 3.44. The third kappa shape index (κ3) is 2.39. The number of methoxy groups -OCH3 is 1. The fourth-order valence-corrected chi connectivity index (χ4v) is 2.13. The topological polar surface area (TPSA) is 60.2 Å². The first-order valence-electron chi connectivity index (χ1n) is 5.30. The van der Waals surface area contributed by atoms with E-state index >= 15 is 0 Å². The maximum Gasteiger partial charge on any atom is 0.125 e. The van der Waals surface area contributed by atoms with Gasteiger partial charge in [-0.3, -0.25) is 0 Å². The van der Waals surface area contributed by atoms with Crippen molar-refractivity contribution in [2.75, 3.05) is 18.2 Å². The molecular weight excluding hydrogens is 190 g/mol. The van der Waals surface area contributed by atoms with E-state index in [9.17, 15) is 0 Å². The van der Waals surface area contributed by atoms with Gasteiger partial charge in [-0.1, -0.05) is 0 Å². The van der Waals surface area contributed by atoms with Crippen LogP contribution < -0.4 is 11.1 Å². The molecule has 0 bridgehead atoms. The summed E-state index contributed by atoms with van der Waals surface area (Å²) in [6.45, 7) is 0. The summed E-state index contributed by atoms with van der Waals surface area (Å²) >= 11 is 0. The minimum absolute atomic E-state index is 0.319. The van der Waals surface area contributed by atoms with Gasteiger partial charge >= 0.3 is 0 Å². The van der Waals surface area contributed by atoms with Crippen LogP contribution in [0.2, 0.25) is 0 Å². The van der Waals surface area contributed by atoms with Gasteiger partial charge in [0.05, 0.1) is 12.1 Å². The van der Waals surface area contributed by atoms with E-state index in [2.05, 4.69) is 10.3 Å². The quantitative estimate of drug-likeness (QED) is 0.791. The number of hydrogen-bond donors (Lipinski definition) is 2. The van der Waals surface area contributed by atoms with Crippen LogP contribution in [-0.2, 0) is 4.74 Å². The lowest BCUT2D eigenvalue weighted by Crippen LogP contribution is -2.29. The number of anilines is 2. The molecule has 1 aromatic heterocycles. The molecule has 1 aliphatic carbocycles. The summed E-state index contributed by atoms with van der Waals surface area (Å²) in [4.78, 5) is 3.96. The standard InChI is InChI=1S/C11H17N3O/c1-15-10-4-2-3-9(10)14-8-5-6-13-11(12)7-8/h5-7,9-10H,2-4H2,1H3,(H3,12,13,14). The third-order valence-corrected chi connectivity index (χ3v) is 2.89. The highest BCUT2D eigenvalue weighted by Gasteiger charge is 2.26. The second kappa shape index (κ2) is 4.49. The molecular formula is C11H17N3O. The van der Waals surface area contributed by atoms with Crippen molar-refractivity contribution in [1.82, 2.24) is 4.98 Å². The zero-order chi connectivity index (χ0) is 10.7. The number of nitrogens with one attached hydrogen (secondary N) is 1. The second-order valence-corrected chi connectivity index (χ2v) is 3.93. The lowest BCUT2D eigenvalue weighted by molar-refractivity contribution is 0.101. The predicted molar refractivity (Wildman–Crippen MR) is 60.7 cm³/mol. The highest BCUT2D eigenvalue weighted by Crippen LogP contribution is 2.25. The number of hydrogen-bond acceptors (Lipinski definition) is 4. The molecule has 4 nitrogen and oxygen atoms in total. The van der Waals surface area contributed by atoms with Crippen LogP contribution >= 0.6 is 0 Å². The molecule has 82 valence electrons. The van der Waals surface area contributed by atoms with Gasteiger partial charge in [0, 0.05) is 25.1 Å². The Hall–Kier alpha value is -1.29. The molecule has 0 radical (unpaired) electrons. The third-order valence-electron chi connectivity index (χ3n) is 2.89. The molecule has 4 heteroatoms. The summed E-state index contributed by atoms with van der Waals surface area (Å²) in [5.41, 5.74) is 6.64. The van der Waals surface area contributed by atoms with Crippen LogP contribution in [0.15, 0.2) is 18.3 Å². The molecule has 15 heavy (non-hydrogen) atoms. The van der Waals surface area contributed by atoms with Crippen LogP contribution in [0.3, 0.4) is 0 Å². The Labute approximate surface area is 89.8 Å². The summed E-state index contributed by atoms with van der Waals surface area (Å²) < 4.78 is 5.42. The van der Waals surface area contributed by atoms with E-state index < -0.39 is 0 Å². The molecule has 3 N–H and O–H groups in total. The van der Waals surface area contributed by atoms with E-state index in [1.807, 2.05) is 12.1 Å². The molecule has 1 aliphatic rings. The molecule has 0 aliphatic heterocycles. The Morgan fingerprint density at radius 2 is 2.40 bits per heavy atom. The van der Waals surface area contributed by atoms with Crippen molar-refractivity contribution in [2.24, 2.45) is 0 Å². The smallest absolute Gasteiger partial charge is 0.125 e. The number of pyridine rings is 1. The van der Waals surface area contributed by atoms with E-state index in [-0.39, 0.29) is 0 Å². The molecule has 2 rings (SSSR count). The molecule has 1 saturated carbocycles. The van der Waals surface area contributed by atoms with E-state index in [1.165, 1.54) is 6.42 Å². The van der Waals surface area contributed by atoms with Crippen molar-refractivity contribution < 1.29 is 4.74 Å². The van der Waals surface area contributed by atoms with Gasteiger partial charge in [-0.05, 0) is 25.3 Å². The molecule has 0 aromatic carbocycles. The highest BCUT2D eigenvalue weighted by molar-refractivity contribution is 5.50. The van der Waals surface area contributed by atoms with E-state index in [1.54, 1.807) is 13.3 Å². The minimum Gasteiger partial charge on any atom is -0.384 e. The normalized spacial score (nSPS) is 25.4. The molecule has 2 atom stereocenters. The fraction of sp³-hybridized carbons (Fsp3) is 0.545. The molecule has 0 amide bonds. The first kappa shape index (κ1) is 10.2. The first-order chi connectivity index (χ1) is 7.29. The molecule has 2 unspecified atom stereocenters. The summed E-state index contributed by atoms with van der Waals surface area (Å²) in [6, 6.07) is 4.18. The van der Waals surface area contributed by atoms with Crippen LogP contribution in [0.1, 0.15) is 19.3 Å². The largest absolute Gasteiger partial charge is 0.384 e. The summed E-state index contributed by atoms with van der Waals surface area (Å²) in [5.74, 6) is 0.548. The number of rotatable bonds is 3. The van der Waals surface area contributed by atoms with Crippen molar-refractivity contribution in [3.63, 3.8) is 0 Å². The average molecular weight is 207 g/mol. The lowest BCUT2D eigenvalue weighted by atomic mass is 10.2. The van der Waals surface area contributed by atoms with Gasteiger partial charge in [0.1, 0.15) is 5.82 Å². The number of ether oxygens (including phenoxy) is 1. The van der Waals surface area contributed by atoms with Gasteiger partial charge in [-0.2, -0.15) is 0 Å². The first-order valence-corrected chi connectivity index (χ1v) is 5.30. The molecule has 0 saturated heterocycles. The zero-order valence-corrected chi connectivity index (χ0v) is 8.94. The Morgan fingerprint density at radius 3 is 3.13 bits per heavy atom. The number of nitrogens with zero attached hydrogens (tertiary/aromatic N) is 1. The summed E-state index contributed by atoms with van der Waals surface area (Å²) in [7, 11) is 1.77.